The lowest BCUT2D eigenvalue weighted by Gasteiger charge is -2.21. The summed E-state index contributed by atoms with van der Waals surface area (Å²) in [6.45, 7) is 4.08. The molecular formula is C35H63NO4. The fraction of sp³-hybridized carbons (Fsp3) is 0.743. The summed E-state index contributed by atoms with van der Waals surface area (Å²) in [6, 6.07) is -0.819. The van der Waals surface area contributed by atoms with E-state index < -0.39 is 24.2 Å². The Morgan fingerprint density at radius 1 is 0.625 bits per heavy atom. The minimum atomic E-state index is -1.12. The molecule has 40 heavy (non-hydrogen) atoms. The van der Waals surface area contributed by atoms with E-state index in [1.165, 1.54) is 57.8 Å². The molecule has 0 bridgehead atoms. The zero-order valence-electron chi connectivity index (χ0n) is 25.9. The summed E-state index contributed by atoms with van der Waals surface area (Å²) in [5.41, 5.74) is 0. The van der Waals surface area contributed by atoms with Gasteiger partial charge in [0.2, 0.25) is 5.91 Å². The molecule has 0 heterocycles. The number of amides is 1. The number of allylic oxidation sites excluding steroid dienone is 7. The highest BCUT2D eigenvalue weighted by Crippen LogP contribution is 2.11. The van der Waals surface area contributed by atoms with Crippen LogP contribution in [0.5, 0.6) is 0 Å². The highest BCUT2D eigenvalue weighted by molar-refractivity contribution is 5.80. The van der Waals surface area contributed by atoms with Gasteiger partial charge in [0.1, 0.15) is 6.10 Å². The van der Waals surface area contributed by atoms with Gasteiger partial charge in [0.25, 0.3) is 0 Å². The van der Waals surface area contributed by atoms with Crippen LogP contribution in [0.15, 0.2) is 48.6 Å². The number of carbonyl (C=O) groups excluding carboxylic acids is 1. The van der Waals surface area contributed by atoms with E-state index in [9.17, 15) is 20.1 Å². The Kier molecular flexibility index (Phi) is 29.0. The van der Waals surface area contributed by atoms with E-state index >= 15 is 0 Å². The molecule has 5 nitrogen and oxygen atoms in total. The van der Waals surface area contributed by atoms with Gasteiger partial charge < -0.3 is 20.6 Å². The van der Waals surface area contributed by atoms with Crippen LogP contribution in [0.2, 0.25) is 0 Å². The maximum atomic E-state index is 12.3. The predicted molar refractivity (Wildman–Crippen MR) is 171 cm³/mol. The standard InChI is InChI=1S/C35H63NO4/c1-3-5-7-9-11-13-15-17-18-20-22-24-26-28-30-34(39)35(40)36-32(31-37)33(38)29-27-25-23-21-19-16-14-12-10-8-6-4-2/h11,13,15,17,19,21,27,29,32-34,37-39H,3-10,12,14,16,18,20,22-26,28,30-31H2,1-2H3,(H,36,40)/b13-11-,17-15-,21-19+,29-27+. The zero-order valence-corrected chi connectivity index (χ0v) is 25.9. The van der Waals surface area contributed by atoms with Crippen molar-refractivity contribution in [2.24, 2.45) is 0 Å². The molecule has 0 rings (SSSR count). The fourth-order valence-electron chi connectivity index (χ4n) is 4.48. The number of aliphatic hydroxyl groups is 3. The second kappa shape index (κ2) is 30.3. The molecule has 232 valence electrons. The van der Waals surface area contributed by atoms with Gasteiger partial charge in [0, 0.05) is 0 Å². The molecule has 0 aromatic carbocycles. The van der Waals surface area contributed by atoms with Crippen molar-refractivity contribution in [2.45, 2.75) is 161 Å². The maximum absolute atomic E-state index is 12.3. The smallest absolute Gasteiger partial charge is 0.249 e. The number of unbranched alkanes of at least 4 members (excludes halogenated alkanes) is 15. The van der Waals surface area contributed by atoms with E-state index in [4.69, 9.17) is 0 Å². The summed E-state index contributed by atoms with van der Waals surface area (Å²) in [4.78, 5) is 12.3. The van der Waals surface area contributed by atoms with Crippen LogP contribution in [-0.4, -0.2) is 46.1 Å². The zero-order chi connectivity index (χ0) is 29.5. The molecule has 0 radical (unpaired) electrons. The van der Waals surface area contributed by atoms with Crippen molar-refractivity contribution in [1.82, 2.24) is 5.32 Å². The first-order valence-corrected chi connectivity index (χ1v) is 16.5. The average Bonchev–Trinajstić information content (AvgIpc) is 2.96. The van der Waals surface area contributed by atoms with E-state index in [1.54, 1.807) is 6.08 Å². The molecule has 3 unspecified atom stereocenters. The Hall–Kier alpha value is -1.69. The molecule has 0 saturated carbocycles. The maximum Gasteiger partial charge on any atom is 0.249 e. The molecule has 0 aromatic rings. The van der Waals surface area contributed by atoms with Gasteiger partial charge in [-0.3, -0.25) is 4.79 Å². The predicted octanol–water partition coefficient (Wildman–Crippen LogP) is 8.25. The largest absolute Gasteiger partial charge is 0.394 e. The van der Waals surface area contributed by atoms with Gasteiger partial charge in [0.05, 0.1) is 18.8 Å². The van der Waals surface area contributed by atoms with Gasteiger partial charge >= 0.3 is 0 Å². The Bertz CT molecular complexity index is 670. The third-order valence-electron chi connectivity index (χ3n) is 7.17. The summed E-state index contributed by atoms with van der Waals surface area (Å²) >= 11 is 0. The van der Waals surface area contributed by atoms with Crippen LogP contribution in [0.3, 0.4) is 0 Å². The molecule has 0 aliphatic heterocycles. The Morgan fingerprint density at radius 3 is 1.73 bits per heavy atom. The van der Waals surface area contributed by atoms with Crippen molar-refractivity contribution in [1.29, 1.82) is 0 Å². The van der Waals surface area contributed by atoms with Gasteiger partial charge in [-0.1, -0.05) is 133 Å². The molecule has 0 spiro atoms. The topological polar surface area (TPSA) is 89.8 Å². The first-order valence-electron chi connectivity index (χ1n) is 16.5. The third-order valence-corrected chi connectivity index (χ3v) is 7.17. The van der Waals surface area contributed by atoms with Gasteiger partial charge in [0.15, 0.2) is 0 Å². The van der Waals surface area contributed by atoms with Crippen LogP contribution < -0.4 is 5.32 Å². The normalized spacial score (nSPS) is 14.6. The number of nitrogens with one attached hydrogen (secondary N) is 1. The van der Waals surface area contributed by atoms with Crippen LogP contribution in [0.25, 0.3) is 0 Å². The molecule has 1 amide bonds. The van der Waals surface area contributed by atoms with E-state index in [2.05, 4.69) is 55.6 Å². The van der Waals surface area contributed by atoms with E-state index in [1.807, 2.05) is 6.08 Å². The van der Waals surface area contributed by atoms with Crippen LogP contribution in [-0.2, 0) is 4.79 Å². The SMILES string of the molecule is CCCCC/C=C\C=C/CCCCCCCC(O)C(=O)NC(CO)C(O)/C=C/CC/C=C/CCCCCCCC. The van der Waals surface area contributed by atoms with Crippen molar-refractivity contribution in [2.75, 3.05) is 6.61 Å². The average molecular weight is 562 g/mol. The second-order valence-electron chi connectivity index (χ2n) is 11.0. The number of rotatable bonds is 28. The first kappa shape index (κ1) is 38.3. The molecule has 0 saturated heterocycles. The van der Waals surface area contributed by atoms with E-state index in [-0.39, 0.29) is 6.61 Å². The summed E-state index contributed by atoms with van der Waals surface area (Å²) in [5.74, 6) is -0.531. The summed E-state index contributed by atoms with van der Waals surface area (Å²) in [5, 5.41) is 32.8. The molecule has 0 aromatic heterocycles. The van der Waals surface area contributed by atoms with Crippen LogP contribution in [0, 0.1) is 0 Å². The molecule has 4 N–H and O–H groups in total. The summed E-state index contributed by atoms with van der Waals surface area (Å²) in [6.07, 6.45) is 36.9. The van der Waals surface area contributed by atoms with Crippen LogP contribution in [0.4, 0.5) is 0 Å². The second-order valence-corrected chi connectivity index (χ2v) is 11.0. The molecule has 0 fully saturated rings. The first-order chi connectivity index (χ1) is 19.6. The molecule has 0 aliphatic carbocycles. The van der Waals surface area contributed by atoms with Crippen molar-refractivity contribution < 1.29 is 20.1 Å². The Labute approximate surface area is 246 Å². The lowest BCUT2D eigenvalue weighted by molar-refractivity contribution is -0.131. The van der Waals surface area contributed by atoms with Crippen molar-refractivity contribution >= 4 is 5.91 Å². The van der Waals surface area contributed by atoms with Crippen molar-refractivity contribution in [3.05, 3.63) is 48.6 Å². The summed E-state index contributed by atoms with van der Waals surface area (Å²) < 4.78 is 0. The fourth-order valence-corrected chi connectivity index (χ4v) is 4.48. The minimum absolute atomic E-state index is 0.384. The minimum Gasteiger partial charge on any atom is -0.394 e. The number of aliphatic hydroxyl groups excluding tert-OH is 3. The van der Waals surface area contributed by atoms with E-state index in [0.29, 0.717) is 6.42 Å². The van der Waals surface area contributed by atoms with E-state index in [0.717, 1.165) is 64.2 Å². The van der Waals surface area contributed by atoms with Gasteiger partial charge in [-0.05, 0) is 57.8 Å². The highest BCUT2D eigenvalue weighted by atomic mass is 16.3. The molecular weight excluding hydrogens is 498 g/mol. The van der Waals surface area contributed by atoms with Gasteiger partial charge in [-0.2, -0.15) is 0 Å². The van der Waals surface area contributed by atoms with Crippen molar-refractivity contribution in [3.63, 3.8) is 0 Å². The number of hydrogen-bond donors (Lipinski definition) is 4. The Balaban J connectivity index is 3.90. The van der Waals surface area contributed by atoms with Crippen LogP contribution in [0.1, 0.15) is 142 Å². The molecule has 5 heteroatoms. The Morgan fingerprint density at radius 2 is 1.10 bits per heavy atom. The van der Waals surface area contributed by atoms with Gasteiger partial charge in [-0.25, -0.2) is 0 Å². The van der Waals surface area contributed by atoms with Gasteiger partial charge in [-0.15, -0.1) is 0 Å². The summed E-state index contributed by atoms with van der Waals surface area (Å²) in [7, 11) is 0. The molecule has 0 aliphatic rings. The monoisotopic (exact) mass is 561 g/mol. The lowest BCUT2D eigenvalue weighted by Crippen LogP contribution is -2.48. The number of carbonyl (C=O) groups is 1. The quantitative estimate of drug-likeness (QED) is 0.0440. The lowest BCUT2D eigenvalue weighted by atomic mass is 10.1. The van der Waals surface area contributed by atoms with Crippen LogP contribution >= 0.6 is 0 Å². The third kappa shape index (κ3) is 25.3. The highest BCUT2D eigenvalue weighted by Gasteiger charge is 2.22. The molecule has 3 atom stereocenters. The number of hydrogen-bond acceptors (Lipinski definition) is 4. The van der Waals surface area contributed by atoms with Crippen molar-refractivity contribution in [3.8, 4) is 0 Å².